The summed E-state index contributed by atoms with van der Waals surface area (Å²) < 4.78 is 22.5. The van der Waals surface area contributed by atoms with Crippen molar-refractivity contribution in [1.29, 1.82) is 0 Å². The molecule has 1 aromatic rings. The summed E-state index contributed by atoms with van der Waals surface area (Å²) in [4.78, 5) is 2.21. The lowest BCUT2D eigenvalue weighted by atomic mass is 10.2. The first kappa shape index (κ1) is 14.8. The van der Waals surface area contributed by atoms with Crippen LogP contribution >= 0.6 is 22.3 Å². The second-order valence-electron chi connectivity index (χ2n) is 3.69. The summed E-state index contributed by atoms with van der Waals surface area (Å²) in [5.74, 6) is 0. The van der Waals surface area contributed by atoms with Crippen molar-refractivity contribution >= 4 is 31.3 Å². The van der Waals surface area contributed by atoms with Gasteiger partial charge in [0.2, 0.25) is 0 Å². The predicted octanol–water partition coefficient (Wildman–Crippen LogP) is 3.11. The zero-order valence-corrected chi connectivity index (χ0v) is 12.1. The minimum atomic E-state index is -3.73. The Labute approximate surface area is 112 Å². The number of halogens is 2. The summed E-state index contributed by atoms with van der Waals surface area (Å²) in [5, 5.41) is 0.383. The highest BCUT2D eigenvalue weighted by atomic mass is 35.7. The van der Waals surface area contributed by atoms with Crippen LogP contribution in [0.5, 0.6) is 0 Å². The highest BCUT2D eigenvalue weighted by Gasteiger charge is 2.13. The van der Waals surface area contributed by atoms with E-state index in [1.165, 1.54) is 6.07 Å². The van der Waals surface area contributed by atoms with Crippen LogP contribution in [0.1, 0.15) is 19.4 Å². The van der Waals surface area contributed by atoms with Crippen LogP contribution in [0.2, 0.25) is 5.02 Å². The summed E-state index contributed by atoms with van der Waals surface area (Å²) in [6, 6.07) is 4.67. The fraction of sp³-hybridized carbons (Fsp3) is 0.455. The lowest BCUT2D eigenvalue weighted by Crippen LogP contribution is -2.22. The van der Waals surface area contributed by atoms with Crippen molar-refractivity contribution in [3.05, 3.63) is 28.8 Å². The number of benzene rings is 1. The Morgan fingerprint density at radius 3 is 2.24 bits per heavy atom. The van der Waals surface area contributed by atoms with Crippen LogP contribution in [0.3, 0.4) is 0 Å². The molecule has 0 N–H and O–H groups in total. The van der Waals surface area contributed by atoms with Gasteiger partial charge in [-0.25, -0.2) is 8.42 Å². The minimum Gasteiger partial charge on any atom is -0.300 e. The average molecular weight is 296 g/mol. The van der Waals surface area contributed by atoms with E-state index in [1.807, 2.05) is 13.8 Å². The largest absolute Gasteiger partial charge is 0.300 e. The summed E-state index contributed by atoms with van der Waals surface area (Å²) >= 11 is 5.88. The van der Waals surface area contributed by atoms with Crippen molar-refractivity contribution in [2.24, 2.45) is 0 Å². The van der Waals surface area contributed by atoms with E-state index in [2.05, 4.69) is 4.90 Å². The fourth-order valence-corrected chi connectivity index (χ4v) is 2.71. The molecule has 0 saturated carbocycles. The van der Waals surface area contributed by atoms with Crippen molar-refractivity contribution in [2.75, 3.05) is 13.1 Å². The van der Waals surface area contributed by atoms with E-state index in [0.717, 1.165) is 18.7 Å². The second-order valence-corrected chi connectivity index (χ2v) is 6.70. The molecule has 0 saturated heterocycles. The van der Waals surface area contributed by atoms with Gasteiger partial charge in [-0.05, 0) is 36.9 Å². The summed E-state index contributed by atoms with van der Waals surface area (Å²) in [5.41, 5.74) is 0.848. The van der Waals surface area contributed by atoms with Crippen LogP contribution in [-0.4, -0.2) is 26.4 Å². The number of nitrogens with zero attached hydrogens (tertiary/aromatic N) is 1. The van der Waals surface area contributed by atoms with Crippen molar-refractivity contribution in [2.45, 2.75) is 25.3 Å². The van der Waals surface area contributed by atoms with E-state index in [9.17, 15) is 8.42 Å². The highest BCUT2D eigenvalue weighted by Crippen LogP contribution is 2.22. The molecule has 0 aromatic heterocycles. The first-order valence-electron chi connectivity index (χ1n) is 5.33. The Balaban J connectivity index is 3.06. The third-order valence-corrected chi connectivity index (χ3v) is 4.06. The maximum atomic E-state index is 11.3. The lowest BCUT2D eigenvalue weighted by molar-refractivity contribution is 0.295. The van der Waals surface area contributed by atoms with Crippen LogP contribution in [0.25, 0.3) is 0 Å². The van der Waals surface area contributed by atoms with Gasteiger partial charge in [0.1, 0.15) is 0 Å². The van der Waals surface area contributed by atoms with Gasteiger partial charge < -0.3 is 0 Å². The van der Waals surface area contributed by atoms with Gasteiger partial charge in [0, 0.05) is 22.2 Å². The molecule has 1 rings (SSSR count). The van der Waals surface area contributed by atoms with Crippen molar-refractivity contribution < 1.29 is 8.42 Å². The van der Waals surface area contributed by atoms with E-state index in [4.69, 9.17) is 22.3 Å². The molecule has 0 radical (unpaired) electrons. The maximum absolute atomic E-state index is 11.3. The Hall–Kier alpha value is -0.290. The van der Waals surface area contributed by atoms with Gasteiger partial charge in [-0.3, -0.25) is 4.90 Å². The highest BCUT2D eigenvalue weighted by molar-refractivity contribution is 8.13. The van der Waals surface area contributed by atoms with Gasteiger partial charge >= 0.3 is 0 Å². The third-order valence-electron chi connectivity index (χ3n) is 2.51. The van der Waals surface area contributed by atoms with E-state index < -0.39 is 9.05 Å². The molecule has 96 valence electrons. The molecule has 0 aliphatic heterocycles. The van der Waals surface area contributed by atoms with E-state index in [0.29, 0.717) is 11.6 Å². The second kappa shape index (κ2) is 6.05. The standard InChI is InChI=1S/C11H15Cl2NO2S/c1-3-14(4-2)8-9-5-10(12)7-11(6-9)17(13,15)16/h5-7H,3-4,8H2,1-2H3. The zero-order valence-electron chi connectivity index (χ0n) is 9.78. The van der Waals surface area contributed by atoms with Gasteiger partial charge in [0.05, 0.1) is 4.90 Å². The van der Waals surface area contributed by atoms with Crippen LogP contribution in [-0.2, 0) is 15.6 Å². The molecule has 0 bridgehead atoms. The van der Waals surface area contributed by atoms with Gasteiger partial charge in [-0.2, -0.15) is 0 Å². The molecule has 0 atom stereocenters. The van der Waals surface area contributed by atoms with Crippen molar-refractivity contribution in [3.8, 4) is 0 Å². The van der Waals surface area contributed by atoms with Gasteiger partial charge in [0.25, 0.3) is 9.05 Å². The molecular weight excluding hydrogens is 281 g/mol. The Morgan fingerprint density at radius 2 is 1.76 bits per heavy atom. The average Bonchev–Trinajstić information content (AvgIpc) is 2.24. The van der Waals surface area contributed by atoms with Crippen LogP contribution in [0.15, 0.2) is 23.1 Å². The van der Waals surface area contributed by atoms with E-state index in [1.54, 1.807) is 12.1 Å². The fourth-order valence-electron chi connectivity index (χ4n) is 1.56. The summed E-state index contributed by atoms with van der Waals surface area (Å²) in [6.07, 6.45) is 0. The number of rotatable bonds is 5. The maximum Gasteiger partial charge on any atom is 0.261 e. The number of hydrogen-bond acceptors (Lipinski definition) is 3. The SMILES string of the molecule is CCN(CC)Cc1cc(Cl)cc(S(=O)(=O)Cl)c1. The molecule has 0 aliphatic rings. The van der Waals surface area contributed by atoms with Crippen LogP contribution in [0, 0.1) is 0 Å². The molecule has 0 heterocycles. The summed E-state index contributed by atoms with van der Waals surface area (Å²) in [6.45, 7) is 6.55. The normalized spacial score (nSPS) is 12.1. The summed E-state index contributed by atoms with van der Waals surface area (Å²) in [7, 11) is 1.58. The molecule has 0 spiro atoms. The lowest BCUT2D eigenvalue weighted by Gasteiger charge is -2.18. The molecule has 17 heavy (non-hydrogen) atoms. The van der Waals surface area contributed by atoms with Gasteiger partial charge in [-0.15, -0.1) is 0 Å². The molecular formula is C11H15Cl2NO2S. The molecule has 0 fully saturated rings. The molecule has 0 unspecified atom stereocenters. The van der Waals surface area contributed by atoms with E-state index >= 15 is 0 Å². The third kappa shape index (κ3) is 4.47. The van der Waals surface area contributed by atoms with Crippen molar-refractivity contribution in [3.63, 3.8) is 0 Å². The zero-order chi connectivity index (χ0) is 13.1. The minimum absolute atomic E-state index is 0.0498. The molecule has 3 nitrogen and oxygen atoms in total. The van der Waals surface area contributed by atoms with Gasteiger partial charge in [0.15, 0.2) is 0 Å². The van der Waals surface area contributed by atoms with Crippen LogP contribution in [0.4, 0.5) is 0 Å². The Bertz CT molecular complexity index is 484. The Morgan fingerprint density at radius 1 is 1.18 bits per heavy atom. The predicted molar refractivity (Wildman–Crippen MR) is 71.1 cm³/mol. The smallest absolute Gasteiger partial charge is 0.261 e. The first-order valence-corrected chi connectivity index (χ1v) is 8.02. The quantitative estimate of drug-likeness (QED) is 0.783. The first-order chi connectivity index (χ1) is 7.86. The topological polar surface area (TPSA) is 37.4 Å². The molecule has 0 amide bonds. The number of hydrogen-bond donors (Lipinski definition) is 0. The van der Waals surface area contributed by atoms with E-state index in [-0.39, 0.29) is 4.90 Å². The van der Waals surface area contributed by atoms with Crippen molar-refractivity contribution in [1.82, 2.24) is 4.90 Å². The monoisotopic (exact) mass is 295 g/mol. The molecule has 0 aliphatic carbocycles. The molecule has 1 aromatic carbocycles. The van der Waals surface area contributed by atoms with Gasteiger partial charge in [-0.1, -0.05) is 25.4 Å². The molecule has 6 heteroatoms. The Kier molecular flexibility index (Phi) is 5.25. The van der Waals surface area contributed by atoms with Crippen LogP contribution < -0.4 is 0 Å².